The van der Waals surface area contributed by atoms with Crippen LogP contribution in [0.2, 0.25) is 0 Å². The summed E-state index contributed by atoms with van der Waals surface area (Å²) < 4.78 is 39.7. The van der Waals surface area contributed by atoms with E-state index >= 15 is 0 Å². The van der Waals surface area contributed by atoms with Gasteiger partial charge in [0.05, 0.1) is 18.5 Å². The van der Waals surface area contributed by atoms with Gasteiger partial charge in [0, 0.05) is 11.3 Å². The zero-order chi connectivity index (χ0) is 22.6. The fourth-order valence-corrected chi connectivity index (χ4v) is 4.16. The van der Waals surface area contributed by atoms with Crippen molar-refractivity contribution in [2.24, 2.45) is 0 Å². The summed E-state index contributed by atoms with van der Waals surface area (Å²) in [4.78, 5) is 12.7. The van der Waals surface area contributed by atoms with E-state index in [1.54, 1.807) is 30.3 Å². The van der Waals surface area contributed by atoms with E-state index in [-0.39, 0.29) is 24.1 Å². The quantitative estimate of drug-likeness (QED) is 0.551. The van der Waals surface area contributed by atoms with Crippen molar-refractivity contribution in [3.8, 4) is 0 Å². The van der Waals surface area contributed by atoms with Gasteiger partial charge in [0.25, 0.3) is 5.91 Å². The fraction of sp³-hybridized carbons (Fsp3) is 0.208. The van der Waals surface area contributed by atoms with Crippen LogP contribution < -0.4 is 9.62 Å². The van der Waals surface area contributed by atoms with E-state index in [1.807, 2.05) is 24.3 Å². The van der Waals surface area contributed by atoms with Gasteiger partial charge in [-0.05, 0) is 47.4 Å². The van der Waals surface area contributed by atoms with Crippen molar-refractivity contribution >= 4 is 27.3 Å². The molecule has 0 atom stereocenters. The summed E-state index contributed by atoms with van der Waals surface area (Å²) in [7, 11) is -3.70. The number of carbonyl (C=O) groups is 1. The lowest BCUT2D eigenvalue weighted by Gasteiger charge is -2.23. The third kappa shape index (κ3) is 5.49. The number of hydrogen-bond donors (Lipinski definition) is 1. The Morgan fingerprint density at radius 3 is 2.19 bits per heavy atom. The van der Waals surface area contributed by atoms with Crippen LogP contribution >= 0.6 is 0 Å². The monoisotopic (exact) mass is 440 g/mol. The molecule has 0 fully saturated rings. The van der Waals surface area contributed by atoms with E-state index in [0.717, 1.165) is 21.8 Å². The van der Waals surface area contributed by atoms with Gasteiger partial charge in [-0.2, -0.15) is 0 Å². The number of hydrogen-bond acceptors (Lipinski definition) is 3. The highest BCUT2D eigenvalue weighted by atomic mass is 32.2. The average molecular weight is 441 g/mol. The molecule has 0 unspecified atom stereocenters. The molecular formula is C24H25FN2O3S. The highest BCUT2D eigenvalue weighted by Crippen LogP contribution is 2.25. The summed E-state index contributed by atoms with van der Waals surface area (Å²) in [6.45, 7) is 4.07. The van der Waals surface area contributed by atoms with Gasteiger partial charge in [-0.3, -0.25) is 9.10 Å². The lowest BCUT2D eigenvalue weighted by molar-refractivity contribution is 0.102. The molecule has 0 saturated heterocycles. The summed E-state index contributed by atoms with van der Waals surface area (Å²) in [5.41, 5.74) is 2.86. The average Bonchev–Trinajstić information content (AvgIpc) is 2.72. The molecule has 3 aromatic carbocycles. The highest BCUT2D eigenvalue weighted by molar-refractivity contribution is 7.92. The van der Waals surface area contributed by atoms with E-state index in [4.69, 9.17) is 0 Å². The van der Waals surface area contributed by atoms with Crippen molar-refractivity contribution in [1.82, 2.24) is 0 Å². The lowest BCUT2D eigenvalue weighted by atomic mass is 10.0. The molecule has 1 N–H and O–H groups in total. The summed E-state index contributed by atoms with van der Waals surface area (Å²) in [6, 6.07) is 20.0. The second-order valence-corrected chi connectivity index (χ2v) is 9.52. The normalized spacial score (nSPS) is 11.4. The minimum absolute atomic E-state index is 0.0166. The molecule has 0 aromatic heterocycles. The molecule has 31 heavy (non-hydrogen) atoms. The molecular weight excluding hydrogens is 415 g/mol. The smallest absolute Gasteiger partial charge is 0.255 e. The van der Waals surface area contributed by atoms with Gasteiger partial charge >= 0.3 is 0 Å². The lowest BCUT2D eigenvalue weighted by Crippen LogP contribution is -2.30. The zero-order valence-electron chi connectivity index (χ0n) is 17.7. The van der Waals surface area contributed by atoms with E-state index < -0.39 is 15.8 Å². The third-order valence-electron chi connectivity index (χ3n) is 4.89. The Hall–Kier alpha value is -3.19. The minimum Gasteiger partial charge on any atom is -0.322 e. The molecule has 0 spiro atoms. The maximum atomic E-state index is 14.2. The maximum absolute atomic E-state index is 14.2. The zero-order valence-corrected chi connectivity index (χ0v) is 18.5. The number of para-hydroxylation sites is 2. The second-order valence-electron chi connectivity index (χ2n) is 7.61. The van der Waals surface area contributed by atoms with Gasteiger partial charge < -0.3 is 5.32 Å². The van der Waals surface area contributed by atoms with E-state index in [2.05, 4.69) is 19.2 Å². The predicted octanol–water partition coefficient (Wildman–Crippen LogP) is 5.17. The highest BCUT2D eigenvalue weighted by Gasteiger charge is 2.21. The maximum Gasteiger partial charge on any atom is 0.255 e. The Labute approximate surface area is 182 Å². The molecule has 0 radical (unpaired) electrons. The molecule has 5 nitrogen and oxygen atoms in total. The Morgan fingerprint density at radius 1 is 0.968 bits per heavy atom. The topological polar surface area (TPSA) is 66.5 Å². The standard InChI is InChI=1S/C24H25FN2O3S/c1-17(2)20-8-4-6-10-22(20)26-24(28)19-14-12-18(13-15-19)16-27(31(3,29)30)23-11-7-5-9-21(23)25/h4-15,17H,16H2,1-3H3,(H,26,28). The molecule has 7 heteroatoms. The number of nitrogens with one attached hydrogen (secondary N) is 1. The number of sulfonamides is 1. The van der Waals surface area contributed by atoms with Crippen LogP contribution in [0.25, 0.3) is 0 Å². The number of anilines is 2. The van der Waals surface area contributed by atoms with Crippen molar-refractivity contribution in [3.05, 3.63) is 95.3 Å². The summed E-state index contributed by atoms with van der Waals surface area (Å²) in [5, 5.41) is 2.93. The van der Waals surface area contributed by atoms with Crippen LogP contribution in [0.3, 0.4) is 0 Å². The van der Waals surface area contributed by atoms with Crippen molar-refractivity contribution < 1.29 is 17.6 Å². The van der Waals surface area contributed by atoms with Gasteiger partial charge in [-0.15, -0.1) is 0 Å². The fourth-order valence-electron chi connectivity index (χ4n) is 3.27. The van der Waals surface area contributed by atoms with Crippen LogP contribution in [0.4, 0.5) is 15.8 Å². The Kier molecular flexibility index (Phi) is 6.75. The summed E-state index contributed by atoms with van der Waals surface area (Å²) in [6.07, 6.45) is 1.04. The molecule has 0 bridgehead atoms. The predicted molar refractivity (Wildman–Crippen MR) is 122 cm³/mol. The molecule has 0 heterocycles. The van der Waals surface area contributed by atoms with Crippen molar-refractivity contribution in [2.75, 3.05) is 15.9 Å². The summed E-state index contributed by atoms with van der Waals surface area (Å²) >= 11 is 0. The van der Waals surface area contributed by atoms with Crippen LogP contribution in [0.15, 0.2) is 72.8 Å². The number of amides is 1. The van der Waals surface area contributed by atoms with Crippen LogP contribution in [0.1, 0.15) is 41.3 Å². The first kappa shape index (κ1) is 22.5. The van der Waals surface area contributed by atoms with Gasteiger partial charge in [0.1, 0.15) is 5.82 Å². The molecule has 1 amide bonds. The van der Waals surface area contributed by atoms with Crippen molar-refractivity contribution in [1.29, 1.82) is 0 Å². The van der Waals surface area contributed by atoms with E-state index in [9.17, 15) is 17.6 Å². The third-order valence-corrected chi connectivity index (χ3v) is 6.02. The Bertz CT molecular complexity index is 1180. The van der Waals surface area contributed by atoms with Crippen LogP contribution in [0, 0.1) is 5.82 Å². The molecule has 0 saturated carbocycles. The van der Waals surface area contributed by atoms with Gasteiger partial charge in [-0.25, -0.2) is 12.8 Å². The first-order valence-electron chi connectivity index (χ1n) is 9.88. The van der Waals surface area contributed by atoms with E-state index in [0.29, 0.717) is 11.1 Å². The van der Waals surface area contributed by atoms with Crippen LogP contribution in [-0.4, -0.2) is 20.6 Å². The van der Waals surface area contributed by atoms with Crippen molar-refractivity contribution in [3.63, 3.8) is 0 Å². The molecule has 162 valence electrons. The number of nitrogens with zero attached hydrogens (tertiary/aromatic N) is 1. The van der Waals surface area contributed by atoms with Crippen LogP contribution in [-0.2, 0) is 16.6 Å². The van der Waals surface area contributed by atoms with Crippen molar-refractivity contribution in [2.45, 2.75) is 26.3 Å². The number of rotatable bonds is 7. The first-order chi connectivity index (χ1) is 14.7. The van der Waals surface area contributed by atoms with Gasteiger partial charge in [0.2, 0.25) is 10.0 Å². The Morgan fingerprint density at radius 2 is 1.58 bits per heavy atom. The number of carbonyl (C=O) groups excluding carboxylic acids is 1. The molecule has 3 aromatic rings. The van der Waals surface area contributed by atoms with E-state index in [1.165, 1.54) is 18.2 Å². The summed E-state index contributed by atoms with van der Waals surface area (Å²) in [5.74, 6) is -0.610. The SMILES string of the molecule is CC(C)c1ccccc1NC(=O)c1ccc(CN(c2ccccc2F)S(C)(=O)=O)cc1. The first-order valence-corrected chi connectivity index (χ1v) is 11.7. The molecule has 0 aliphatic heterocycles. The van der Waals surface area contributed by atoms with Crippen LogP contribution in [0.5, 0.6) is 0 Å². The second kappa shape index (κ2) is 9.31. The largest absolute Gasteiger partial charge is 0.322 e. The molecule has 3 rings (SSSR count). The Balaban J connectivity index is 1.79. The molecule has 0 aliphatic rings. The number of halogens is 1. The van der Waals surface area contributed by atoms with Gasteiger partial charge in [0.15, 0.2) is 0 Å². The molecule has 0 aliphatic carbocycles. The number of benzene rings is 3. The minimum atomic E-state index is -3.70. The van der Waals surface area contributed by atoms with Gasteiger partial charge in [-0.1, -0.05) is 56.3 Å².